The van der Waals surface area contributed by atoms with Gasteiger partial charge in [-0.3, -0.25) is 14.4 Å². The smallest absolute Gasteiger partial charge is 0.325 e. The van der Waals surface area contributed by atoms with Crippen LogP contribution in [0, 0.1) is 12.8 Å². The molecule has 2 aromatic rings. The monoisotopic (exact) mass is 424 g/mol. The molecule has 6 nitrogen and oxygen atoms in total. The molecule has 2 N–H and O–H groups in total. The van der Waals surface area contributed by atoms with E-state index in [0.717, 1.165) is 11.1 Å². The van der Waals surface area contributed by atoms with Gasteiger partial charge in [0.15, 0.2) is 6.61 Å². The molecule has 0 radical (unpaired) electrons. The Balaban J connectivity index is 1.83. The number of ether oxygens (including phenoxy) is 1. The second-order valence-corrected chi connectivity index (χ2v) is 8.32. The highest BCUT2D eigenvalue weighted by Gasteiger charge is 2.19. The van der Waals surface area contributed by atoms with Crippen molar-refractivity contribution in [3.63, 3.8) is 0 Å². The van der Waals surface area contributed by atoms with Crippen LogP contribution in [0.3, 0.4) is 0 Å². The molecule has 1 atom stereocenters. The van der Waals surface area contributed by atoms with E-state index in [1.165, 1.54) is 5.56 Å². The number of hydrogen-bond acceptors (Lipinski definition) is 4. The number of carbonyl (C=O) groups excluding carboxylic acids is 3. The van der Waals surface area contributed by atoms with E-state index in [1.54, 1.807) is 18.2 Å². The van der Waals surface area contributed by atoms with Gasteiger partial charge in [0.25, 0.3) is 11.8 Å². The summed E-state index contributed by atoms with van der Waals surface area (Å²) in [6.45, 7) is 9.49. The predicted molar refractivity (Wildman–Crippen MR) is 121 cm³/mol. The van der Waals surface area contributed by atoms with Crippen molar-refractivity contribution in [1.29, 1.82) is 0 Å². The van der Waals surface area contributed by atoms with Crippen LogP contribution in [0.15, 0.2) is 48.5 Å². The van der Waals surface area contributed by atoms with E-state index in [2.05, 4.69) is 36.6 Å². The van der Waals surface area contributed by atoms with Crippen LogP contribution in [-0.2, 0) is 14.3 Å². The fraction of sp³-hybridized carbons (Fsp3) is 0.400. The molecule has 0 unspecified atom stereocenters. The van der Waals surface area contributed by atoms with Gasteiger partial charge in [0.1, 0.15) is 6.54 Å². The lowest BCUT2D eigenvalue weighted by Crippen LogP contribution is -2.36. The number of benzene rings is 2. The third-order valence-corrected chi connectivity index (χ3v) is 4.98. The van der Waals surface area contributed by atoms with Crippen LogP contribution >= 0.6 is 0 Å². The average Bonchev–Trinajstić information content (AvgIpc) is 2.74. The second kappa shape index (κ2) is 11.3. The first-order valence-electron chi connectivity index (χ1n) is 10.6. The number of carbonyl (C=O) groups is 3. The lowest BCUT2D eigenvalue weighted by molar-refractivity contribution is -0.147. The molecule has 0 aliphatic rings. The fourth-order valence-electron chi connectivity index (χ4n) is 3.18. The maximum atomic E-state index is 12.3. The standard InChI is InChI=1S/C25H32N2O4/c1-16(2)19-9-11-20(12-10-19)24(17(3)4)27-22(28)15-31-23(29)14-26-25(30)21-8-6-7-18(5)13-21/h6-13,16-17,24H,14-15H2,1-5H3,(H,26,30)(H,27,28)/t24-/m1/s1. The van der Waals surface area contributed by atoms with Gasteiger partial charge in [-0.1, -0.05) is 69.7 Å². The minimum Gasteiger partial charge on any atom is -0.454 e. The summed E-state index contributed by atoms with van der Waals surface area (Å²) in [7, 11) is 0. The van der Waals surface area contributed by atoms with E-state index < -0.39 is 12.6 Å². The molecule has 2 aromatic carbocycles. The van der Waals surface area contributed by atoms with Crippen molar-refractivity contribution in [2.75, 3.05) is 13.2 Å². The minimum absolute atomic E-state index is 0.165. The van der Waals surface area contributed by atoms with Gasteiger partial charge in [-0.15, -0.1) is 0 Å². The molecule has 0 heterocycles. The first-order valence-corrected chi connectivity index (χ1v) is 10.6. The molecule has 31 heavy (non-hydrogen) atoms. The summed E-state index contributed by atoms with van der Waals surface area (Å²) >= 11 is 0. The molecule has 0 bridgehead atoms. The SMILES string of the molecule is Cc1cccc(C(=O)NCC(=O)OCC(=O)N[C@@H](c2ccc(C(C)C)cc2)C(C)C)c1. The summed E-state index contributed by atoms with van der Waals surface area (Å²) in [6.07, 6.45) is 0. The molecular formula is C25H32N2O4. The highest BCUT2D eigenvalue weighted by atomic mass is 16.5. The van der Waals surface area contributed by atoms with Gasteiger partial charge in [-0.2, -0.15) is 0 Å². The zero-order chi connectivity index (χ0) is 23.0. The summed E-state index contributed by atoms with van der Waals surface area (Å²) in [5.41, 5.74) is 3.66. The Morgan fingerprint density at radius 1 is 0.935 bits per heavy atom. The van der Waals surface area contributed by atoms with Gasteiger partial charge in [-0.25, -0.2) is 0 Å². The molecule has 0 saturated heterocycles. The molecule has 0 aromatic heterocycles. The van der Waals surface area contributed by atoms with Gasteiger partial charge in [0.05, 0.1) is 6.04 Å². The van der Waals surface area contributed by atoms with E-state index in [1.807, 2.05) is 39.0 Å². The van der Waals surface area contributed by atoms with Gasteiger partial charge < -0.3 is 15.4 Å². The first kappa shape index (κ1) is 24.1. The van der Waals surface area contributed by atoms with Gasteiger partial charge in [-0.05, 0) is 42.0 Å². The van der Waals surface area contributed by atoms with Crippen molar-refractivity contribution >= 4 is 17.8 Å². The van der Waals surface area contributed by atoms with Crippen LogP contribution in [-0.4, -0.2) is 30.9 Å². The van der Waals surface area contributed by atoms with Crippen molar-refractivity contribution in [3.05, 3.63) is 70.8 Å². The van der Waals surface area contributed by atoms with Crippen LogP contribution < -0.4 is 10.6 Å². The molecule has 166 valence electrons. The molecule has 0 aliphatic heterocycles. The van der Waals surface area contributed by atoms with E-state index in [-0.39, 0.29) is 30.3 Å². The van der Waals surface area contributed by atoms with Crippen molar-refractivity contribution in [2.45, 2.75) is 46.6 Å². The predicted octanol–water partition coefficient (Wildman–Crippen LogP) is 3.90. The fourth-order valence-corrected chi connectivity index (χ4v) is 3.18. The highest BCUT2D eigenvalue weighted by Crippen LogP contribution is 2.24. The topological polar surface area (TPSA) is 84.5 Å². The van der Waals surface area contributed by atoms with E-state index in [0.29, 0.717) is 11.5 Å². The molecule has 0 saturated carbocycles. The van der Waals surface area contributed by atoms with E-state index in [4.69, 9.17) is 4.74 Å². The number of aryl methyl sites for hydroxylation is 1. The Kier molecular flexibility index (Phi) is 8.79. The third kappa shape index (κ3) is 7.55. The number of rotatable bonds is 9. The Hall–Kier alpha value is -3.15. The first-order chi connectivity index (χ1) is 14.7. The maximum Gasteiger partial charge on any atom is 0.325 e. The molecular weight excluding hydrogens is 392 g/mol. The van der Waals surface area contributed by atoms with Crippen molar-refractivity contribution in [3.8, 4) is 0 Å². The highest BCUT2D eigenvalue weighted by molar-refractivity contribution is 5.96. The van der Waals surface area contributed by atoms with E-state index >= 15 is 0 Å². The van der Waals surface area contributed by atoms with E-state index in [9.17, 15) is 14.4 Å². The van der Waals surface area contributed by atoms with Gasteiger partial charge in [0.2, 0.25) is 0 Å². The van der Waals surface area contributed by atoms with Crippen molar-refractivity contribution in [1.82, 2.24) is 10.6 Å². The summed E-state index contributed by atoms with van der Waals surface area (Å²) < 4.78 is 5.02. The number of nitrogens with one attached hydrogen (secondary N) is 2. The van der Waals surface area contributed by atoms with Crippen LogP contribution in [0.2, 0.25) is 0 Å². The largest absolute Gasteiger partial charge is 0.454 e. The Labute approximate surface area is 184 Å². The van der Waals surface area contributed by atoms with Crippen LogP contribution in [0.5, 0.6) is 0 Å². The Morgan fingerprint density at radius 2 is 1.58 bits per heavy atom. The molecule has 2 rings (SSSR count). The third-order valence-electron chi connectivity index (χ3n) is 4.98. The molecule has 0 fully saturated rings. The lowest BCUT2D eigenvalue weighted by Gasteiger charge is -2.23. The Morgan fingerprint density at radius 3 is 2.16 bits per heavy atom. The number of amides is 2. The summed E-state index contributed by atoms with van der Waals surface area (Å²) in [6, 6.07) is 15.0. The van der Waals surface area contributed by atoms with Gasteiger partial charge in [0, 0.05) is 5.56 Å². The summed E-state index contributed by atoms with van der Waals surface area (Å²) in [5.74, 6) is -0.816. The number of hydrogen-bond donors (Lipinski definition) is 2. The molecule has 0 spiro atoms. The average molecular weight is 425 g/mol. The van der Waals surface area contributed by atoms with Crippen LogP contribution in [0.25, 0.3) is 0 Å². The van der Waals surface area contributed by atoms with Crippen LogP contribution in [0.4, 0.5) is 0 Å². The molecule has 6 heteroatoms. The summed E-state index contributed by atoms with van der Waals surface area (Å²) in [5, 5.41) is 5.43. The maximum absolute atomic E-state index is 12.3. The summed E-state index contributed by atoms with van der Waals surface area (Å²) in [4.78, 5) is 36.3. The zero-order valence-electron chi connectivity index (χ0n) is 18.9. The van der Waals surface area contributed by atoms with Crippen LogP contribution in [0.1, 0.15) is 66.7 Å². The normalized spacial score (nSPS) is 11.8. The molecule has 0 aliphatic carbocycles. The van der Waals surface area contributed by atoms with Crippen molar-refractivity contribution in [2.24, 2.45) is 5.92 Å². The lowest BCUT2D eigenvalue weighted by atomic mass is 9.93. The zero-order valence-corrected chi connectivity index (χ0v) is 18.9. The quantitative estimate of drug-likeness (QED) is 0.598. The second-order valence-electron chi connectivity index (χ2n) is 8.32. The number of esters is 1. The minimum atomic E-state index is -0.668. The van der Waals surface area contributed by atoms with Gasteiger partial charge >= 0.3 is 5.97 Å². The Bertz CT molecular complexity index is 904. The molecule has 2 amide bonds. The van der Waals surface area contributed by atoms with Crippen molar-refractivity contribution < 1.29 is 19.1 Å².